The summed E-state index contributed by atoms with van der Waals surface area (Å²) in [4.78, 5) is 19.8. The third kappa shape index (κ3) is 2.54. The van der Waals surface area contributed by atoms with E-state index < -0.39 is 0 Å². The third-order valence-electron chi connectivity index (χ3n) is 3.98. The van der Waals surface area contributed by atoms with Crippen LogP contribution >= 0.6 is 0 Å². The van der Waals surface area contributed by atoms with Gasteiger partial charge in [0.1, 0.15) is 5.65 Å². The quantitative estimate of drug-likeness (QED) is 0.730. The van der Waals surface area contributed by atoms with E-state index in [4.69, 9.17) is 0 Å². The van der Waals surface area contributed by atoms with Crippen LogP contribution in [-0.4, -0.2) is 9.97 Å². The van der Waals surface area contributed by atoms with Crippen molar-refractivity contribution in [2.45, 2.75) is 33.1 Å². The van der Waals surface area contributed by atoms with Gasteiger partial charge in [0, 0.05) is 17.8 Å². The Kier molecular flexibility index (Phi) is 3.36. The molecule has 3 aromatic rings. The zero-order chi connectivity index (χ0) is 15.9. The minimum Gasteiger partial charge on any atom is -0.339 e. The second kappa shape index (κ2) is 5.09. The van der Waals surface area contributed by atoms with Crippen LogP contribution in [0.2, 0.25) is 0 Å². The maximum Gasteiger partial charge on any atom is 0.191 e. The lowest BCUT2D eigenvalue weighted by Gasteiger charge is -2.20. The van der Waals surface area contributed by atoms with Gasteiger partial charge in [0.25, 0.3) is 0 Å². The molecule has 0 aliphatic heterocycles. The molecular formula is C19H20N2O. The molecule has 0 saturated heterocycles. The summed E-state index contributed by atoms with van der Waals surface area (Å²) in [5.41, 5.74) is 5.03. The predicted octanol–water partition coefficient (Wildman–Crippen LogP) is 4.20. The van der Waals surface area contributed by atoms with Gasteiger partial charge in [-0.2, -0.15) is 0 Å². The fraction of sp³-hybridized carbons (Fsp3) is 0.263. The summed E-state index contributed by atoms with van der Waals surface area (Å²) in [7, 11) is 0. The highest BCUT2D eigenvalue weighted by molar-refractivity contribution is 5.78. The molecule has 2 aromatic heterocycles. The van der Waals surface area contributed by atoms with E-state index in [1.807, 2.05) is 0 Å². The number of aromatic nitrogens is 2. The second-order valence-corrected chi connectivity index (χ2v) is 6.73. The van der Waals surface area contributed by atoms with Crippen LogP contribution in [0.25, 0.3) is 22.3 Å². The lowest BCUT2D eigenvalue weighted by atomic mass is 9.85. The summed E-state index contributed by atoms with van der Waals surface area (Å²) in [6.07, 6.45) is 1.69. The molecule has 0 amide bonds. The Morgan fingerprint density at radius 1 is 1.09 bits per heavy atom. The first-order chi connectivity index (χ1) is 10.4. The van der Waals surface area contributed by atoms with Crippen molar-refractivity contribution in [3.8, 4) is 11.3 Å². The first-order valence-corrected chi connectivity index (χ1v) is 7.46. The molecular weight excluding hydrogens is 272 g/mol. The Hall–Kier alpha value is -2.42. The smallest absolute Gasteiger partial charge is 0.191 e. The Bertz CT molecular complexity index is 901. The second-order valence-electron chi connectivity index (χ2n) is 6.73. The maximum absolute atomic E-state index is 12.3. The lowest BCUT2D eigenvalue weighted by molar-refractivity contribution is 0.590. The van der Waals surface area contributed by atoms with Crippen LogP contribution < -0.4 is 5.43 Å². The van der Waals surface area contributed by atoms with Crippen LogP contribution in [-0.2, 0) is 5.41 Å². The number of pyridine rings is 2. The van der Waals surface area contributed by atoms with Crippen molar-refractivity contribution in [1.82, 2.24) is 9.97 Å². The molecule has 2 heterocycles. The Balaban J connectivity index is 2.18. The molecule has 0 aliphatic rings. The highest BCUT2D eigenvalue weighted by Gasteiger charge is 2.15. The highest BCUT2D eigenvalue weighted by atomic mass is 16.1. The molecule has 0 saturated carbocycles. The molecule has 3 rings (SSSR count). The summed E-state index contributed by atoms with van der Waals surface area (Å²) in [5, 5.41) is 0.621. The number of H-pyrrole nitrogens is 1. The fourth-order valence-corrected chi connectivity index (χ4v) is 2.65. The van der Waals surface area contributed by atoms with Crippen molar-refractivity contribution in [3.05, 3.63) is 63.9 Å². The van der Waals surface area contributed by atoms with Gasteiger partial charge in [-0.05, 0) is 35.6 Å². The van der Waals surface area contributed by atoms with Crippen molar-refractivity contribution >= 4 is 11.0 Å². The molecule has 0 unspecified atom stereocenters. The van der Waals surface area contributed by atoms with Crippen molar-refractivity contribution in [1.29, 1.82) is 0 Å². The molecule has 1 N–H and O–H groups in total. The van der Waals surface area contributed by atoms with Crippen molar-refractivity contribution in [3.63, 3.8) is 0 Å². The minimum atomic E-state index is -0.00357. The number of nitrogens with one attached hydrogen (secondary N) is 1. The van der Waals surface area contributed by atoms with Gasteiger partial charge in [0.15, 0.2) is 5.43 Å². The summed E-state index contributed by atoms with van der Waals surface area (Å²) in [6.45, 7) is 8.67. The molecule has 0 aliphatic carbocycles. The van der Waals surface area contributed by atoms with Gasteiger partial charge in [-0.3, -0.25) is 4.79 Å². The topological polar surface area (TPSA) is 45.8 Å². The highest BCUT2D eigenvalue weighted by Crippen LogP contribution is 2.28. The summed E-state index contributed by atoms with van der Waals surface area (Å²) in [5.74, 6) is 0. The molecule has 1 aromatic carbocycles. The van der Waals surface area contributed by atoms with E-state index >= 15 is 0 Å². The SMILES string of the molecule is Cc1cc(C(C)(C)C)ccc1-c1cc(=O)c2cccnc2[nH]1. The number of aromatic amines is 1. The van der Waals surface area contributed by atoms with E-state index in [1.165, 1.54) is 5.56 Å². The van der Waals surface area contributed by atoms with Crippen LogP contribution in [0.15, 0.2) is 47.4 Å². The van der Waals surface area contributed by atoms with Crippen LogP contribution in [0.5, 0.6) is 0 Å². The van der Waals surface area contributed by atoms with E-state index in [2.05, 4.69) is 55.9 Å². The van der Waals surface area contributed by atoms with Crippen LogP contribution in [0.1, 0.15) is 31.9 Å². The van der Waals surface area contributed by atoms with Crippen LogP contribution in [0.4, 0.5) is 0 Å². The Morgan fingerprint density at radius 3 is 2.55 bits per heavy atom. The predicted molar refractivity (Wildman–Crippen MR) is 91.2 cm³/mol. The Morgan fingerprint density at radius 2 is 1.86 bits per heavy atom. The zero-order valence-corrected chi connectivity index (χ0v) is 13.4. The average molecular weight is 292 g/mol. The van der Waals surface area contributed by atoms with E-state index in [1.54, 1.807) is 24.4 Å². The number of hydrogen-bond acceptors (Lipinski definition) is 2. The molecule has 3 nitrogen and oxygen atoms in total. The molecule has 0 fully saturated rings. The van der Waals surface area contributed by atoms with E-state index in [-0.39, 0.29) is 10.8 Å². The van der Waals surface area contributed by atoms with E-state index in [0.717, 1.165) is 16.8 Å². The molecule has 0 bridgehead atoms. The number of fused-ring (bicyclic) bond motifs is 1. The maximum atomic E-state index is 12.3. The standard InChI is InChI=1S/C19H20N2O/c1-12-10-13(19(2,3)4)7-8-14(12)16-11-17(22)15-6-5-9-20-18(15)21-16/h5-11H,1-4H3,(H,20,21,22). The van der Waals surface area contributed by atoms with Crippen molar-refractivity contribution in [2.24, 2.45) is 0 Å². The van der Waals surface area contributed by atoms with Crippen molar-refractivity contribution in [2.75, 3.05) is 0 Å². The number of benzene rings is 1. The van der Waals surface area contributed by atoms with Gasteiger partial charge in [-0.1, -0.05) is 39.0 Å². The largest absolute Gasteiger partial charge is 0.339 e. The molecule has 0 atom stereocenters. The lowest BCUT2D eigenvalue weighted by Crippen LogP contribution is -2.11. The summed E-state index contributed by atoms with van der Waals surface area (Å²) < 4.78 is 0. The summed E-state index contributed by atoms with van der Waals surface area (Å²) >= 11 is 0. The van der Waals surface area contributed by atoms with Gasteiger partial charge in [0.05, 0.1) is 11.1 Å². The molecule has 3 heteroatoms. The van der Waals surface area contributed by atoms with Crippen LogP contribution in [0.3, 0.4) is 0 Å². The van der Waals surface area contributed by atoms with Gasteiger partial charge in [-0.15, -0.1) is 0 Å². The number of nitrogens with zero attached hydrogens (tertiary/aromatic N) is 1. The van der Waals surface area contributed by atoms with Gasteiger partial charge < -0.3 is 4.98 Å². The zero-order valence-electron chi connectivity index (χ0n) is 13.4. The number of hydrogen-bond donors (Lipinski definition) is 1. The fourth-order valence-electron chi connectivity index (χ4n) is 2.65. The molecule has 22 heavy (non-hydrogen) atoms. The Labute approximate surface area is 130 Å². The minimum absolute atomic E-state index is 0.00357. The molecule has 0 spiro atoms. The normalized spacial score (nSPS) is 11.8. The number of aryl methyl sites for hydroxylation is 1. The van der Waals surface area contributed by atoms with Gasteiger partial charge >= 0.3 is 0 Å². The van der Waals surface area contributed by atoms with Crippen molar-refractivity contribution < 1.29 is 0 Å². The monoisotopic (exact) mass is 292 g/mol. The van der Waals surface area contributed by atoms with E-state index in [9.17, 15) is 4.79 Å². The van der Waals surface area contributed by atoms with Gasteiger partial charge in [-0.25, -0.2) is 4.98 Å². The summed E-state index contributed by atoms with van der Waals surface area (Å²) in [6, 6.07) is 11.6. The van der Waals surface area contributed by atoms with Crippen LogP contribution in [0, 0.1) is 6.92 Å². The average Bonchev–Trinajstić information content (AvgIpc) is 2.46. The molecule has 0 radical (unpaired) electrons. The molecule has 112 valence electrons. The first-order valence-electron chi connectivity index (χ1n) is 7.46. The number of rotatable bonds is 1. The first kappa shape index (κ1) is 14.5. The van der Waals surface area contributed by atoms with Gasteiger partial charge in [0.2, 0.25) is 0 Å². The van der Waals surface area contributed by atoms with E-state index in [0.29, 0.717) is 11.0 Å². The third-order valence-corrected chi connectivity index (χ3v) is 3.98.